The maximum absolute atomic E-state index is 12.5. The lowest BCUT2D eigenvalue weighted by Crippen LogP contribution is -2.36. The number of rotatable bonds is 2. The zero-order valence-corrected chi connectivity index (χ0v) is 11.6. The van der Waals surface area contributed by atoms with Crippen molar-refractivity contribution in [1.82, 2.24) is 25.1 Å². The van der Waals surface area contributed by atoms with E-state index in [2.05, 4.69) is 20.2 Å². The summed E-state index contributed by atoms with van der Waals surface area (Å²) < 4.78 is 0. The number of hydrogen-bond acceptors (Lipinski definition) is 4. The number of aromatic nitrogens is 4. The molecule has 0 radical (unpaired) electrons. The minimum atomic E-state index is -0.0406. The second-order valence-electron chi connectivity index (χ2n) is 5.31. The molecule has 3 heterocycles. The summed E-state index contributed by atoms with van der Waals surface area (Å²) in [6.45, 7) is 5.31. The Hall–Kier alpha value is -2.24. The molecule has 104 valence electrons. The van der Waals surface area contributed by atoms with Crippen LogP contribution in [0.1, 0.15) is 47.3 Å². The van der Waals surface area contributed by atoms with Crippen LogP contribution >= 0.6 is 0 Å². The van der Waals surface area contributed by atoms with E-state index in [-0.39, 0.29) is 11.8 Å². The third kappa shape index (κ3) is 2.29. The molecule has 6 nitrogen and oxygen atoms in total. The fraction of sp³-hybridized carbons (Fsp3) is 0.429. The summed E-state index contributed by atoms with van der Waals surface area (Å²) in [6.07, 6.45) is 4.25. The van der Waals surface area contributed by atoms with Crippen LogP contribution in [0.5, 0.6) is 0 Å². The fourth-order valence-electron chi connectivity index (χ4n) is 2.33. The van der Waals surface area contributed by atoms with Crippen molar-refractivity contribution < 1.29 is 4.79 Å². The normalized spacial score (nSPS) is 14.4. The molecule has 1 amide bonds. The summed E-state index contributed by atoms with van der Waals surface area (Å²) in [5, 5.41) is 6.99. The van der Waals surface area contributed by atoms with Crippen molar-refractivity contribution in [2.75, 3.05) is 6.54 Å². The maximum atomic E-state index is 12.5. The summed E-state index contributed by atoms with van der Waals surface area (Å²) in [6, 6.07) is 1.68. The van der Waals surface area contributed by atoms with Crippen LogP contribution in [0, 0.1) is 0 Å². The molecule has 0 saturated carbocycles. The highest BCUT2D eigenvalue weighted by Crippen LogP contribution is 2.18. The van der Waals surface area contributed by atoms with Gasteiger partial charge in [-0.15, -0.1) is 0 Å². The Morgan fingerprint density at radius 3 is 3.10 bits per heavy atom. The van der Waals surface area contributed by atoms with E-state index in [1.165, 1.54) is 0 Å². The van der Waals surface area contributed by atoms with Gasteiger partial charge in [-0.2, -0.15) is 5.10 Å². The summed E-state index contributed by atoms with van der Waals surface area (Å²) in [7, 11) is 0. The number of H-pyrrole nitrogens is 1. The minimum Gasteiger partial charge on any atom is -0.332 e. The van der Waals surface area contributed by atoms with Gasteiger partial charge in [-0.1, -0.05) is 13.8 Å². The maximum Gasteiger partial charge on any atom is 0.272 e. The molecule has 1 aliphatic rings. The Morgan fingerprint density at radius 1 is 1.45 bits per heavy atom. The molecule has 0 aliphatic carbocycles. The van der Waals surface area contributed by atoms with Gasteiger partial charge in [0.1, 0.15) is 11.5 Å². The Balaban J connectivity index is 1.81. The van der Waals surface area contributed by atoms with Gasteiger partial charge in [0.25, 0.3) is 5.91 Å². The summed E-state index contributed by atoms with van der Waals surface area (Å²) in [5.41, 5.74) is 2.68. The van der Waals surface area contributed by atoms with E-state index < -0.39 is 0 Å². The van der Waals surface area contributed by atoms with Gasteiger partial charge in [-0.3, -0.25) is 9.89 Å². The van der Waals surface area contributed by atoms with Gasteiger partial charge in [0.15, 0.2) is 0 Å². The first-order valence-corrected chi connectivity index (χ1v) is 6.78. The fourth-order valence-corrected chi connectivity index (χ4v) is 2.33. The van der Waals surface area contributed by atoms with Gasteiger partial charge in [0, 0.05) is 42.9 Å². The number of nitrogens with one attached hydrogen (secondary N) is 1. The zero-order valence-electron chi connectivity index (χ0n) is 11.6. The van der Waals surface area contributed by atoms with E-state index >= 15 is 0 Å². The van der Waals surface area contributed by atoms with Gasteiger partial charge in [-0.25, -0.2) is 9.97 Å². The quantitative estimate of drug-likeness (QED) is 0.898. The Morgan fingerprint density at radius 2 is 2.30 bits per heavy atom. The van der Waals surface area contributed by atoms with Crippen molar-refractivity contribution in [3.8, 4) is 0 Å². The number of fused-ring (bicyclic) bond motifs is 1. The first-order valence-electron chi connectivity index (χ1n) is 6.78. The van der Waals surface area contributed by atoms with Gasteiger partial charge in [0.05, 0.1) is 6.20 Å². The molecule has 1 aliphatic heterocycles. The average Bonchev–Trinajstić information content (AvgIpc) is 2.94. The standard InChI is InChI=1S/C14H17N5O/c1-9(2)13-15-5-3-12(17-13)14(20)19-6-4-11-10(8-19)7-16-18-11/h3,5,7,9H,4,6,8H2,1-2H3,(H,16,18). The summed E-state index contributed by atoms with van der Waals surface area (Å²) in [5.74, 6) is 0.877. The number of carbonyl (C=O) groups is 1. The lowest BCUT2D eigenvalue weighted by atomic mass is 10.1. The lowest BCUT2D eigenvalue weighted by Gasteiger charge is -2.26. The van der Waals surface area contributed by atoms with Crippen LogP contribution in [0.25, 0.3) is 0 Å². The third-order valence-corrected chi connectivity index (χ3v) is 3.50. The van der Waals surface area contributed by atoms with Gasteiger partial charge >= 0.3 is 0 Å². The van der Waals surface area contributed by atoms with E-state index in [0.717, 1.165) is 17.7 Å². The van der Waals surface area contributed by atoms with E-state index in [4.69, 9.17) is 0 Å². The molecule has 20 heavy (non-hydrogen) atoms. The van der Waals surface area contributed by atoms with Gasteiger partial charge in [0.2, 0.25) is 0 Å². The highest BCUT2D eigenvalue weighted by atomic mass is 16.2. The summed E-state index contributed by atoms with van der Waals surface area (Å²) >= 11 is 0. The van der Waals surface area contributed by atoms with Crippen LogP contribution in [0.3, 0.4) is 0 Å². The van der Waals surface area contributed by atoms with Crippen molar-refractivity contribution in [2.24, 2.45) is 0 Å². The van der Waals surface area contributed by atoms with Crippen LogP contribution in [0.2, 0.25) is 0 Å². The van der Waals surface area contributed by atoms with E-state index in [0.29, 0.717) is 24.6 Å². The van der Waals surface area contributed by atoms with Crippen LogP contribution in [-0.2, 0) is 13.0 Å². The Kier molecular flexibility index (Phi) is 3.22. The first kappa shape index (κ1) is 12.8. The van der Waals surface area contributed by atoms with Crippen molar-refractivity contribution in [1.29, 1.82) is 0 Å². The molecule has 1 N–H and O–H groups in total. The number of carbonyl (C=O) groups excluding carboxylic acids is 1. The molecule has 0 saturated heterocycles. The van der Waals surface area contributed by atoms with E-state index in [1.807, 2.05) is 18.7 Å². The first-order chi connectivity index (χ1) is 9.65. The molecule has 0 bridgehead atoms. The largest absolute Gasteiger partial charge is 0.332 e. The van der Waals surface area contributed by atoms with Crippen LogP contribution < -0.4 is 0 Å². The van der Waals surface area contributed by atoms with Crippen LogP contribution in [-0.4, -0.2) is 37.5 Å². The SMILES string of the molecule is CC(C)c1nccc(C(=O)N2CCc3[nH]ncc3C2)n1. The molecular formula is C14H17N5O. The van der Waals surface area contributed by atoms with Crippen molar-refractivity contribution in [3.63, 3.8) is 0 Å². The van der Waals surface area contributed by atoms with Crippen molar-refractivity contribution in [2.45, 2.75) is 32.7 Å². The highest BCUT2D eigenvalue weighted by Gasteiger charge is 2.24. The average molecular weight is 271 g/mol. The predicted molar refractivity (Wildman–Crippen MR) is 73.2 cm³/mol. The van der Waals surface area contributed by atoms with Crippen LogP contribution in [0.4, 0.5) is 0 Å². The Bertz CT molecular complexity index is 634. The molecule has 0 fully saturated rings. The zero-order chi connectivity index (χ0) is 14.1. The number of amides is 1. The number of nitrogens with zero attached hydrogens (tertiary/aromatic N) is 4. The van der Waals surface area contributed by atoms with Gasteiger partial charge < -0.3 is 4.90 Å². The molecule has 0 atom stereocenters. The Labute approximate surface area is 117 Å². The molecular weight excluding hydrogens is 254 g/mol. The lowest BCUT2D eigenvalue weighted by molar-refractivity contribution is 0.0727. The smallest absolute Gasteiger partial charge is 0.272 e. The molecule has 2 aromatic rings. The summed E-state index contributed by atoms with van der Waals surface area (Å²) in [4.78, 5) is 22.9. The topological polar surface area (TPSA) is 74.8 Å². The van der Waals surface area contributed by atoms with Gasteiger partial charge in [-0.05, 0) is 6.07 Å². The second-order valence-corrected chi connectivity index (χ2v) is 5.31. The monoisotopic (exact) mass is 271 g/mol. The highest BCUT2D eigenvalue weighted by molar-refractivity contribution is 5.92. The molecule has 0 aromatic carbocycles. The van der Waals surface area contributed by atoms with Crippen LogP contribution in [0.15, 0.2) is 18.5 Å². The molecule has 3 rings (SSSR count). The van der Waals surface area contributed by atoms with Crippen molar-refractivity contribution in [3.05, 3.63) is 41.2 Å². The molecule has 0 spiro atoms. The van der Waals surface area contributed by atoms with Crippen molar-refractivity contribution >= 4 is 5.91 Å². The predicted octanol–water partition coefficient (Wildman–Crippen LogP) is 1.52. The molecule has 0 unspecified atom stereocenters. The molecule has 2 aromatic heterocycles. The minimum absolute atomic E-state index is 0.0406. The van der Waals surface area contributed by atoms with E-state index in [9.17, 15) is 4.79 Å². The number of hydrogen-bond donors (Lipinski definition) is 1. The second kappa shape index (κ2) is 5.03. The third-order valence-electron chi connectivity index (χ3n) is 3.50. The van der Waals surface area contributed by atoms with E-state index in [1.54, 1.807) is 18.5 Å². The molecule has 6 heteroatoms. The number of aromatic amines is 1.